The number of hydrogen-bond acceptors (Lipinski definition) is 3. The summed E-state index contributed by atoms with van der Waals surface area (Å²) in [5.41, 5.74) is 1.83. The van der Waals surface area contributed by atoms with Crippen molar-refractivity contribution in [1.82, 2.24) is 4.98 Å². The minimum absolute atomic E-state index is 0.0376. The maximum Gasteiger partial charge on any atom is 0.144 e. The van der Waals surface area contributed by atoms with E-state index in [1.807, 2.05) is 19.9 Å². The summed E-state index contributed by atoms with van der Waals surface area (Å²) in [7, 11) is 1.65. The first-order valence-electron chi connectivity index (χ1n) is 6.55. The van der Waals surface area contributed by atoms with Crippen LogP contribution >= 0.6 is 0 Å². The number of nitrogens with zero attached hydrogens (tertiary/aromatic N) is 1. The van der Waals surface area contributed by atoms with Crippen molar-refractivity contribution >= 4 is 5.78 Å². The van der Waals surface area contributed by atoms with Crippen molar-refractivity contribution in [3.05, 3.63) is 29.6 Å². The molecule has 1 atom stereocenters. The molecular formula is C15H21NO2. The van der Waals surface area contributed by atoms with Crippen LogP contribution in [0.25, 0.3) is 0 Å². The lowest BCUT2D eigenvalue weighted by Crippen LogP contribution is -2.30. The predicted molar refractivity (Wildman–Crippen MR) is 70.6 cm³/mol. The van der Waals surface area contributed by atoms with Gasteiger partial charge < -0.3 is 4.74 Å². The average molecular weight is 247 g/mol. The zero-order valence-electron chi connectivity index (χ0n) is 11.4. The predicted octanol–water partition coefficient (Wildman–Crippen LogP) is 2.89. The van der Waals surface area contributed by atoms with Gasteiger partial charge in [0.15, 0.2) is 0 Å². The van der Waals surface area contributed by atoms with E-state index in [1.54, 1.807) is 13.3 Å². The van der Waals surface area contributed by atoms with E-state index in [-0.39, 0.29) is 17.3 Å². The first-order valence-corrected chi connectivity index (χ1v) is 6.55. The summed E-state index contributed by atoms with van der Waals surface area (Å²) < 4.78 is 5.35. The van der Waals surface area contributed by atoms with E-state index in [0.29, 0.717) is 6.42 Å². The molecule has 1 unspecified atom stereocenters. The summed E-state index contributed by atoms with van der Waals surface area (Å²) in [4.78, 5) is 16.8. The van der Waals surface area contributed by atoms with Crippen molar-refractivity contribution in [2.45, 2.75) is 51.0 Å². The van der Waals surface area contributed by atoms with Crippen molar-refractivity contribution in [3.63, 3.8) is 0 Å². The van der Waals surface area contributed by atoms with Gasteiger partial charge in [0.05, 0.1) is 17.2 Å². The Morgan fingerprint density at radius 2 is 2.33 bits per heavy atom. The van der Waals surface area contributed by atoms with Gasteiger partial charge in [-0.15, -0.1) is 0 Å². The summed E-state index contributed by atoms with van der Waals surface area (Å²) in [6.45, 7) is 3.90. The Hall–Kier alpha value is -1.22. The van der Waals surface area contributed by atoms with Gasteiger partial charge in [0.2, 0.25) is 0 Å². The average Bonchev–Trinajstić information content (AvgIpc) is 2.37. The molecule has 0 aromatic carbocycles. The highest BCUT2D eigenvalue weighted by molar-refractivity contribution is 5.86. The number of fused-ring (bicyclic) bond motifs is 1. The standard InChI is InChI=1S/C15H21NO2/c1-15(2,18-3)10-13(17)12-8-4-6-11-7-5-9-16-14(11)12/h5,7,9,12H,4,6,8,10H2,1-3H3. The summed E-state index contributed by atoms with van der Waals surface area (Å²) in [5.74, 6) is 0.214. The molecule has 0 saturated heterocycles. The van der Waals surface area contributed by atoms with Gasteiger partial charge in [0, 0.05) is 19.7 Å². The molecule has 1 aliphatic carbocycles. The highest BCUT2D eigenvalue weighted by atomic mass is 16.5. The second kappa shape index (κ2) is 5.19. The highest BCUT2D eigenvalue weighted by Crippen LogP contribution is 2.32. The van der Waals surface area contributed by atoms with E-state index in [9.17, 15) is 4.79 Å². The van der Waals surface area contributed by atoms with Crippen LogP contribution in [0.3, 0.4) is 0 Å². The Morgan fingerprint density at radius 3 is 3.06 bits per heavy atom. The summed E-state index contributed by atoms with van der Waals surface area (Å²) >= 11 is 0. The second-order valence-corrected chi connectivity index (χ2v) is 5.60. The molecule has 0 fully saturated rings. The lowest BCUT2D eigenvalue weighted by atomic mass is 9.81. The molecule has 1 aromatic rings. The number of carbonyl (C=O) groups is 1. The lowest BCUT2D eigenvalue weighted by Gasteiger charge is -2.27. The maximum absolute atomic E-state index is 12.4. The van der Waals surface area contributed by atoms with Crippen molar-refractivity contribution < 1.29 is 9.53 Å². The van der Waals surface area contributed by atoms with Crippen LogP contribution in [-0.2, 0) is 16.0 Å². The van der Waals surface area contributed by atoms with Crippen LogP contribution in [0.1, 0.15) is 50.3 Å². The highest BCUT2D eigenvalue weighted by Gasteiger charge is 2.31. The van der Waals surface area contributed by atoms with Crippen LogP contribution in [0.4, 0.5) is 0 Å². The lowest BCUT2D eigenvalue weighted by molar-refractivity contribution is -0.125. The van der Waals surface area contributed by atoms with Crippen LogP contribution in [0.2, 0.25) is 0 Å². The third kappa shape index (κ3) is 2.78. The van der Waals surface area contributed by atoms with Gasteiger partial charge in [0.1, 0.15) is 5.78 Å². The first kappa shape index (κ1) is 13.2. The van der Waals surface area contributed by atoms with Gasteiger partial charge in [-0.05, 0) is 44.7 Å². The van der Waals surface area contributed by atoms with Crippen LogP contribution < -0.4 is 0 Å². The Bertz CT molecular complexity index is 440. The van der Waals surface area contributed by atoms with E-state index >= 15 is 0 Å². The third-order valence-corrected chi connectivity index (χ3v) is 3.74. The topological polar surface area (TPSA) is 39.2 Å². The van der Waals surface area contributed by atoms with Crippen LogP contribution in [0.15, 0.2) is 18.3 Å². The Morgan fingerprint density at radius 1 is 1.56 bits per heavy atom. The zero-order valence-corrected chi connectivity index (χ0v) is 11.4. The number of ketones is 1. The summed E-state index contributed by atoms with van der Waals surface area (Å²) in [5, 5.41) is 0. The Balaban J connectivity index is 2.18. The SMILES string of the molecule is COC(C)(C)CC(=O)C1CCCc2cccnc21. The molecule has 98 valence electrons. The molecule has 0 spiro atoms. The molecule has 18 heavy (non-hydrogen) atoms. The molecule has 1 aliphatic rings. The van der Waals surface area contributed by atoms with E-state index in [4.69, 9.17) is 4.74 Å². The molecule has 2 rings (SSSR count). The molecule has 1 heterocycles. The van der Waals surface area contributed by atoms with Gasteiger partial charge in [-0.2, -0.15) is 0 Å². The van der Waals surface area contributed by atoms with Crippen molar-refractivity contribution in [2.75, 3.05) is 7.11 Å². The molecule has 3 nitrogen and oxygen atoms in total. The van der Waals surface area contributed by atoms with Gasteiger partial charge in [-0.25, -0.2) is 0 Å². The van der Waals surface area contributed by atoms with Gasteiger partial charge >= 0.3 is 0 Å². The molecule has 0 saturated carbocycles. The molecule has 0 bridgehead atoms. The van der Waals surface area contributed by atoms with Gasteiger partial charge in [-0.1, -0.05) is 6.07 Å². The number of Topliss-reactive ketones (excluding diaryl/α,β-unsaturated/α-hetero) is 1. The molecular weight excluding hydrogens is 226 g/mol. The van der Waals surface area contributed by atoms with Crippen LogP contribution in [0, 0.1) is 0 Å². The van der Waals surface area contributed by atoms with Crippen LogP contribution in [0.5, 0.6) is 0 Å². The zero-order chi connectivity index (χ0) is 13.2. The Labute approximate surface area is 109 Å². The van der Waals surface area contributed by atoms with E-state index in [0.717, 1.165) is 25.0 Å². The number of aromatic nitrogens is 1. The van der Waals surface area contributed by atoms with Crippen molar-refractivity contribution in [3.8, 4) is 0 Å². The third-order valence-electron chi connectivity index (χ3n) is 3.74. The van der Waals surface area contributed by atoms with Gasteiger partial charge in [-0.3, -0.25) is 9.78 Å². The van der Waals surface area contributed by atoms with Crippen molar-refractivity contribution in [2.24, 2.45) is 0 Å². The van der Waals surface area contributed by atoms with E-state index in [1.165, 1.54) is 5.56 Å². The molecule has 0 radical (unpaired) electrons. The normalized spacial score (nSPS) is 19.4. The van der Waals surface area contributed by atoms with Crippen LogP contribution in [-0.4, -0.2) is 23.5 Å². The molecule has 3 heteroatoms. The summed E-state index contributed by atoms with van der Waals surface area (Å²) in [6, 6.07) is 4.04. The fourth-order valence-corrected chi connectivity index (χ4v) is 2.54. The van der Waals surface area contributed by atoms with Gasteiger partial charge in [0.25, 0.3) is 0 Å². The number of hydrogen-bond donors (Lipinski definition) is 0. The molecule has 1 aromatic heterocycles. The fourth-order valence-electron chi connectivity index (χ4n) is 2.54. The maximum atomic E-state index is 12.4. The minimum Gasteiger partial charge on any atom is -0.378 e. The first-order chi connectivity index (χ1) is 8.53. The van der Waals surface area contributed by atoms with Crippen molar-refractivity contribution in [1.29, 1.82) is 0 Å². The summed E-state index contributed by atoms with van der Waals surface area (Å²) in [6.07, 6.45) is 5.27. The number of ether oxygens (including phenoxy) is 1. The number of rotatable bonds is 4. The monoisotopic (exact) mass is 247 g/mol. The van der Waals surface area contributed by atoms with E-state index in [2.05, 4.69) is 11.1 Å². The molecule has 0 aliphatic heterocycles. The molecule has 0 amide bonds. The molecule has 0 N–H and O–H groups in total. The number of pyridine rings is 1. The quantitative estimate of drug-likeness (QED) is 0.821. The smallest absolute Gasteiger partial charge is 0.144 e. The number of carbonyl (C=O) groups excluding carboxylic acids is 1. The minimum atomic E-state index is -0.385. The van der Waals surface area contributed by atoms with E-state index < -0.39 is 0 Å². The fraction of sp³-hybridized carbons (Fsp3) is 0.600. The largest absolute Gasteiger partial charge is 0.378 e. The number of methoxy groups -OCH3 is 1. The number of aryl methyl sites for hydroxylation is 1. The second-order valence-electron chi connectivity index (χ2n) is 5.60. The Kier molecular flexibility index (Phi) is 3.81.